The van der Waals surface area contributed by atoms with Gasteiger partial charge in [0.2, 0.25) is 0 Å². The van der Waals surface area contributed by atoms with Crippen molar-refractivity contribution in [1.82, 2.24) is 29.7 Å². The van der Waals surface area contributed by atoms with Crippen molar-refractivity contribution in [3.8, 4) is 28.4 Å². The number of hydrogen-bond donors (Lipinski definition) is 0. The molecule has 8 heteroatoms. The standard InChI is InChI=1S/C25H24N6O2/c1-30-8-10-31(11-9-30)24(32)19-5-3-4-18(12-19)23-21-13-17(6-7-22(21)28-16-29-23)20-14-26-25(33-2)27-15-20/h3-7,12-16H,8-11H2,1-2H3. The Morgan fingerprint density at radius 2 is 1.67 bits per heavy atom. The summed E-state index contributed by atoms with van der Waals surface area (Å²) in [7, 11) is 3.62. The van der Waals surface area contributed by atoms with E-state index in [0.29, 0.717) is 11.6 Å². The zero-order valence-electron chi connectivity index (χ0n) is 18.6. The van der Waals surface area contributed by atoms with Gasteiger partial charge in [-0.1, -0.05) is 18.2 Å². The third kappa shape index (κ3) is 4.25. The Labute approximate surface area is 191 Å². The van der Waals surface area contributed by atoms with Crippen LogP contribution in [-0.4, -0.2) is 76.0 Å². The highest BCUT2D eigenvalue weighted by Crippen LogP contribution is 2.30. The number of benzene rings is 2. The second-order valence-electron chi connectivity index (χ2n) is 8.09. The smallest absolute Gasteiger partial charge is 0.316 e. The molecule has 33 heavy (non-hydrogen) atoms. The molecule has 1 fully saturated rings. The molecule has 166 valence electrons. The number of hydrogen-bond acceptors (Lipinski definition) is 7. The number of aromatic nitrogens is 4. The molecule has 1 saturated heterocycles. The lowest BCUT2D eigenvalue weighted by atomic mass is 10.0. The van der Waals surface area contributed by atoms with Crippen LogP contribution in [0.2, 0.25) is 0 Å². The highest BCUT2D eigenvalue weighted by Gasteiger charge is 2.21. The van der Waals surface area contributed by atoms with Crippen molar-refractivity contribution in [2.45, 2.75) is 0 Å². The minimum atomic E-state index is 0.0550. The van der Waals surface area contributed by atoms with Crippen LogP contribution in [0.3, 0.4) is 0 Å². The van der Waals surface area contributed by atoms with Gasteiger partial charge in [-0.25, -0.2) is 19.9 Å². The molecule has 1 aliphatic heterocycles. The van der Waals surface area contributed by atoms with E-state index in [1.807, 2.05) is 47.4 Å². The van der Waals surface area contributed by atoms with Crippen LogP contribution in [0, 0.1) is 0 Å². The minimum Gasteiger partial charge on any atom is -0.467 e. The summed E-state index contributed by atoms with van der Waals surface area (Å²) in [6.07, 6.45) is 5.01. The number of rotatable bonds is 4. The van der Waals surface area contributed by atoms with E-state index in [-0.39, 0.29) is 5.91 Å². The SMILES string of the molecule is COc1ncc(-c2ccc3ncnc(-c4cccc(C(=O)N5CCN(C)CC5)c4)c3c2)cn1. The van der Waals surface area contributed by atoms with Gasteiger partial charge in [-0.2, -0.15) is 0 Å². The Morgan fingerprint density at radius 1 is 0.879 bits per heavy atom. The molecule has 0 radical (unpaired) electrons. The lowest BCUT2D eigenvalue weighted by Crippen LogP contribution is -2.47. The number of likely N-dealkylation sites (N-methyl/N-ethyl adjacent to an activating group) is 1. The third-order valence-electron chi connectivity index (χ3n) is 5.95. The second-order valence-corrected chi connectivity index (χ2v) is 8.09. The number of fused-ring (bicyclic) bond motifs is 1. The molecule has 1 amide bonds. The third-order valence-corrected chi connectivity index (χ3v) is 5.95. The molecule has 4 aromatic rings. The minimum absolute atomic E-state index is 0.0550. The number of methoxy groups -OCH3 is 1. The molecular formula is C25H24N6O2. The van der Waals surface area contributed by atoms with Gasteiger partial charge in [0.05, 0.1) is 18.3 Å². The van der Waals surface area contributed by atoms with E-state index in [9.17, 15) is 4.79 Å². The Bertz CT molecular complexity index is 1300. The van der Waals surface area contributed by atoms with Crippen molar-refractivity contribution in [2.24, 2.45) is 0 Å². The number of carbonyl (C=O) groups excluding carboxylic acids is 1. The average Bonchev–Trinajstić information content (AvgIpc) is 2.88. The summed E-state index contributed by atoms with van der Waals surface area (Å²) in [6, 6.07) is 14.0. The monoisotopic (exact) mass is 440 g/mol. The number of ether oxygens (including phenoxy) is 1. The van der Waals surface area contributed by atoms with E-state index in [1.165, 1.54) is 7.11 Å². The van der Waals surface area contributed by atoms with E-state index in [4.69, 9.17) is 4.74 Å². The van der Waals surface area contributed by atoms with Crippen LogP contribution in [0.25, 0.3) is 33.3 Å². The van der Waals surface area contributed by atoms with Crippen molar-refractivity contribution in [2.75, 3.05) is 40.3 Å². The van der Waals surface area contributed by atoms with Gasteiger partial charge in [-0.3, -0.25) is 4.79 Å². The fourth-order valence-electron chi connectivity index (χ4n) is 4.03. The van der Waals surface area contributed by atoms with E-state index >= 15 is 0 Å². The van der Waals surface area contributed by atoms with Crippen LogP contribution in [0.15, 0.2) is 61.2 Å². The first kappa shape index (κ1) is 21.0. The quantitative estimate of drug-likeness (QED) is 0.482. The zero-order valence-corrected chi connectivity index (χ0v) is 18.6. The predicted molar refractivity (Wildman–Crippen MR) is 126 cm³/mol. The maximum absolute atomic E-state index is 13.1. The molecule has 5 rings (SSSR count). The summed E-state index contributed by atoms with van der Waals surface area (Å²) in [6.45, 7) is 3.26. The Hall–Kier alpha value is -3.91. The molecule has 0 aliphatic carbocycles. The molecule has 0 unspecified atom stereocenters. The van der Waals surface area contributed by atoms with E-state index in [1.54, 1.807) is 18.7 Å². The highest BCUT2D eigenvalue weighted by molar-refractivity contribution is 5.98. The van der Waals surface area contributed by atoms with Crippen molar-refractivity contribution in [3.63, 3.8) is 0 Å². The summed E-state index contributed by atoms with van der Waals surface area (Å²) in [4.78, 5) is 34.6. The van der Waals surface area contributed by atoms with Gasteiger partial charge in [0.25, 0.3) is 5.91 Å². The molecule has 3 heterocycles. The first-order valence-electron chi connectivity index (χ1n) is 10.8. The van der Waals surface area contributed by atoms with Crippen molar-refractivity contribution in [3.05, 3.63) is 66.7 Å². The number of piperazine rings is 1. The molecule has 0 bridgehead atoms. The lowest BCUT2D eigenvalue weighted by molar-refractivity contribution is 0.0664. The molecule has 0 saturated carbocycles. The van der Waals surface area contributed by atoms with Crippen LogP contribution in [0.1, 0.15) is 10.4 Å². The average molecular weight is 441 g/mol. The van der Waals surface area contributed by atoms with Crippen LogP contribution < -0.4 is 4.74 Å². The predicted octanol–water partition coefficient (Wildman–Crippen LogP) is 3.15. The maximum atomic E-state index is 13.1. The largest absolute Gasteiger partial charge is 0.467 e. The van der Waals surface area contributed by atoms with Crippen LogP contribution in [-0.2, 0) is 0 Å². The van der Waals surface area contributed by atoms with E-state index in [0.717, 1.165) is 59.5 Å². The molecule has 0 spiro atoms. The van der Waals surface area contributed by atoms with Crippen molar-refractivity contribution >= 4 is 16.8 Å². The first-order valence-corrected chi connectivity index (χ1v) is 10.8. The second kappa shape index (κ2) is 8.91. The highest BCUT2D eigenvalue weighted by atomic mass is 16.5. The maximum Gasteiger partial charge on any atom is 0.316 e. The van der Waals surface area contributed by atoms with Crippen molar-refractivity contribution < 1.29 is 9.53 Å². The van der Waals surface area contributed by atoms with Crippen LogP contribution in [0.4, 0.5) is 0 Å². The van der Waals surface area contributed by atoms with Gasteiger partial charge in [-0.15, -0.1) is 0 Å². The zero-order chi connectivity index (χ0) is 22.8. The summed E-state index contributed by atoms with van der Waals surface area (Å²) in [5.74, 6) is 0.0550. The van der Waals surface area contributed by atoms with E-state index < -0.39 is 0 Å². The molecule has 2 aromatic carbocycles. The van der Waals surface area contributed by atoms with Gasteiger partial charge in [0.1, 0.15) is 6.33 Å². The summed E-state index contributed by atoms with van der Waals surface area (Å²) < 4.78 is 5.06. The summed E-state index contributed by atoms with van der Waals surface area (Å²) in [5.41, 5.74) is 4.98. The molecule has 0 atom stereocenters. The Morgan fingerprint density at radius 3 is 2.42 bits per heavy atom. The van der Waals surface area contributed by atoms with Crippen molar-refractivity contribution in [1.29, 1.82) is 0 Å². The molecule has 0 N–H and O–H groups in total. The van der Waals surface area contributed by atoms with Gasteiger partial charge >= 0.3 is 6.01 Å². The fraction of sp³-hybridized carbons (Fsp3) is 0.240. The molecule has 1 aliphatic rings. The number of carbonyl (C=O) groups is 1. The number of nitrogens with zero attached hydrogens (tertiary/aromatic N) is 6. The van der Waals surface area contributed by atoms with E-state index in [2.05, 4.69) is 31.9 Å². The van der Waals surface area contributed by atoms with Gasteiger partial charge in [0, 0.05) is 60.6 Å². The normalized spacial score (nSPS) is 14.4. The van der Waals surface area contributed by atoms with Gasteiger partial charge in [-0.05, 0) is 36.9 Å². The summed E-state index contributed by atoms with van der Waals surface area (Å²) in [5, 5.41) is 0.898. The Balaban J connectivity index is 1.51. The first-order chi connectivity index (χ1) is 16.1. The molecule has 8 nitrogen and oxygen atoms in total. The lowest BCUT2D eigenvalue weighted by Gasteiger charge is -2.32. The van der Waals surface area contributed by atoms with Crippen LogP contribution in [0.5, 0.6) is 6.01 Å². The molecular weight excluding hydrogens is 416 g/mol. The van der Waals surface area contributed by atoms with Gasteiger partial charge in [0.15, 0.2) is 0 Å². The van der Waals surface area contributed by atoms with Crippen LogP contribution >= 0.6 is 0 Å². The number of amides is 1. The van der Waals surface area contributed by atoms with Gasteiger partial charge < -0.3 is 14.5 Å². The topological polar surface area (TPSA) is 84.3 Å². The Kier molecular flexibility index (Phi) is 5.66. The fourth-order valence-corrected chi connectivity index (χ4v) is 4.03. The summed E-state index contributed by atoms with van der Waals surface area (Å²) >= 11 is 0. The molecule has 2 aromatic heterocycles.